The molecular formula is C20H21N5O. The predicted octanol–water partition coefficient (Wildman–Crippen LogP) is 4.28. The van der Waals surface area contributed by atoms with E-state index in [1.807, 2.05) is 48.1 Å². The lowest BCUT2D eigenvalue weighted by Gasteiger charge is -2.16. The number of benzene rings is 1. The molecule has 0 N–H and O–H groups in total. The Bertz CT molecular complexity index is 1010. The molecule has 0 bridgehead atoms. The number of oxazole rings is 1. The first-order valence-electron chi connectivity index (χ1n) is 8.67. The minimum Gasteiger partial charge on any atom is -0.444 e. The van der Waals surface area contributed by atoms with E-state index in [4.69, 9.17) is 4.42 Å². The number of aryl methyl sites for hydroxylation is 2. The highest BCUT2D eigenvalue weighted by Gasteiger charge is 2.17. The summed E-state index contributed by atoms with van der Waals surface area (Å²) in [6.07, 6.45) is 5.43. The van der Waals surface area contributed by atoms with E-state index in [9.17, 15) is 0 Å². The topological polar surface area (TPSA) is 61.7 Å². The Balaban J connectivity index is 1.61. The summed E-state index contributed by atoms with van der Waals surface area (Å²) in [6, 6.07) is 12.1. The van der Waals surface area contributed by atoms with Crippen LogP contribution in [0.4, 0.5) is 0 Å². The van der Waals surface area contributed by atoms with Gasteiger partial charge >= 0.3 is 0 Å². The van der Waals surface area contributed by atoms with Gasteiger partial charge in [0.05, 0.1) is 18.3 Å². The molecule has 6 nitrogen and oxygen atoms in total. The third kappa shape index (κ3) is 3.06. The standard InChI is InChI=1S/C20H21N5O/c1-14-11-15(2)25(23-14)12-16(3)24-10-9-21-19(24)18-13-26-20(22-18)17-7-5-4-6-8-17/h4-11,13,16H,12H2,1-3H3/t16-/m1/s1. The van der Waals surface area contributed by atoms with E-state index in [2.05, 4.69) is 39.5 Å². The number of hydrogen-bond donors (Lipinski definition) is 0. The highest BCUT2D eigenvalue weighted by Crippen LogP contribution is 2.25. The fourth-order valence-electron chi connectivity index (χ4n) is 3.15. The SMILES string of the molecule is Cc1cc(C)n(C[C@@H](C)n2ccnc2-c2coc(-c3ccccc3)n2)n1. The van der Waals surface area contributed by atoms with Gasteiger partial charge in [-0.3, -0.25) is 4.68 Å². The number of aromatic nitrogens is 5. The van der Waals surface area contributed by atoms with Gasteiger partial charge in [0.2, 0.25) is 5.89 Å². The fourth-order valence-corrected chi connectivity index (χ4v) is 3.15. The summed E-state index contributed by atoms with van der Waals surface area (Å²) in [5, 5.41) is 4.56. The highest BCUT2D eigenvalue weighted by atomic mass is 16.3. The third-order valence-electron chi connectivity index (χ3n) is 4.44. The highest BCUT2D eigenvalue weighted by molar-refractivity contribution is 5.58. The van der Waals surface area contributed by atoms with Crippen molar-refractivity contribution in [2.24, 2.45) is 0 Å². The first-order valence-corrected chi connectivity index (χ1v) is 8.67. The molecule has 0 aliphatic heterocycles. The van der Waals surface area contributed by atoms with Crippen molar-refractivity contribution < 1.29 is 4.42 Å². The Kier molecular flexibility index (Phi) is 4.16. The Morgan fingerprint density at radius 1 is 1.15 bits per heavy atom. The van der Waals surface area contributed by atoms with E-state index in [1.165, 1.54) is 0 Å². The lowest BCUT2D eigenvalue weighted by atomic mass is 10.2. The minimum absolute atomic E-state index is 0.183. The zero-order valence-electron chi connectivity index (χ0n) is 15.1. The van der Waals surface area contributed by atoms with Gasteiger partial charge in [0.25, 0.3) is 0 Å². The van der Waals surface area contributed by atoms with E-state index < -0.39 is 0 Å². The summed E-state index contributed by atoms with van der Waals surface area (Å²) < 4.78 is 9.81. The Morgan fingerprint density at radius 2 is 1.96 bits per heavy atom. The molecule has 26 heavy (non-hydrogen) atoms. The number of nitrogens with zero attached hydrogens (tertiary/aromatic N) is 5. The molecule has 0 aliphatic carbocycles. The van der Waals surface area contributed by atoms with Crippen LogP contribution in [0.5, 0.6) is 0 Å². The Labute approximate surface area is 152 Å². The van der Waals surface area contributed by atoms with E-state index in [0.29, 0.717) is 5.89 Å². The minimum atomic E-state index is 0.183. The summed E-state index contributed by atoms with van der Waals surface area (Å²) in [7, 11) is 0. The van der Waals surface area contributed by atoms with Gasteiger partial charge in [-0.05, 0) is 39.0 Å². The van der Waals surface area contributed by atoms with E-state index in [1.54, 1.807) is 12.5 Å². The molecule has 3 heterocycles. The molecule has 0 unspecified atom stereocenters. The molecule has 0 saturated heterocycles. The molecule has 4 aromatic rings. The van der Waals surface area contributed by atoms with Crippen molar-refractivity contribution in [2.45, 2.75) is 33.4 Å². The van der Waals surface area contributed by atoms with Gasteiger partial charge in [0.15, 0.2) is 5.82 Å². The summed E-state index contributed by atoms with van der Waals surface area (Å²) >= 11 is 0. The van der Waals surface area contributed by atoms with Crippen LogP contribution >= 0.6 is 0 Å². The number of hydrogen-bond acceptors (Lipinski definition) is 4. The maximum absolute atomic E-state index is 5.67. The van der Waals surface area contributed by atoms with Crippen molar-refractivity contribution in [2.75, 3.05) is 0 Å². The van der Waals surface area contributed by atoms with Gasteiger partial charge in [0, 0.05) is 23.7 Å². The third-order valence-corrected chi connectivity index (χ3v) is 4.44. The molecular weight excluding hydrogens is 326 g/mol. The van der Waals surface area contributed by atoms with Crippen LogP contribution in [0, 0.1) is 13.8 Å². The van der Waals surface area contributed by atoms with Gasteiger partial charge in [-0.15, -0.1) is 0 Å². The van der Waals surface area contributed by atoms with Gasteiger partial charge < -0.3 is 8.98 Å². The number of rotatable bonds is 5. The van der Waals surface area contributed by atoms with Crippen LogP contribution in [-0.2, 0) is 6.54 Å². The van der Waals surface area contributed by atoms with E-state index in [-0.39, 0.29) is 6.04 Å². The first kappa shape index (κ1) is 16.3. The van der Waals surface area contributed by atoms with Crippen LogP contribution in [0.3, 0.4) is 0 Å². The van der Waals surface area contributed by atoms with Crippen molar-refractivity contribution in [1.29, 1.82) is 0 Å². The summed E-state index contributed by atoms with van der Waals surface area (Å²) in [4.78, 5) is 9.12. The van der Waals surface area contributed by atoms with Crippen molar-refractivity contribution in [3.8, 4) is 23.0 Å². The lowest BCUT2D eigenvalue weighted by molar-refractivity contribution is 0.433. The summed E-state index contributed by atoms with van der Waals surface area (Å²) in [5.41, 5.74) is 3.87. The Hall–Kier alpha value is -3.15. The van der Waals surface area contributed by atoms with E-state index in [0.717, 1.165) is 35.0 Å². The second-order valence-corrected chi connectivity index (χ2v) is 6.52. The largest absolute Gasteiger partial charge is 0.444 e. The van der Waals surface area contributed by atoms with Crippen molar-refractivity contribution in [1.82, 2.24) is 24.3 Å². The second-order valence-electron chi connectivity index (χ2n) is 6.52. The van der Waals surface area contributed by atoms with Crippen LogP contribution in [0.1, 0.15) is 24.4 Å². The van der Waals surface area contributed by atoms with Gasteiger partial charge in [-0.25, -0.2) is 9.97 Å². The van der Waals surface area contributed by atoms with Crippen LogP contribution in [0.2, 0.25) is 0 Å². The average molecular weight is 347 g/mol. The second kappa shape index (κ2) is 6.63. The van der Waals surface area contributed by atoms with E-state index >= 15 is 0 Å². The summed E-state index contributed by atoms with van der Waals surface area (Å²) in [5.74, 6) is 1.39. The molecule has 0 spiro atoms. The summed E-state index contributed by atoms with van der Waals surface area (Å²) in [6.45, 7) is 7.01. The molecule has 0 amide bonds. The molecule has 0 fully saturated rings. The van der Waals surface area contributed by atoms with Gasteiger partial charge in [-0.2, -0.15) is 5.10 Å². The van der Waals surface area contributed by atoms with Gasteiger partial charge in [-0.1, -0.05) is 18.2 Å². The fraction of sp³-hybridized carbons (Fsp3) is 0.250. The molecule has 6 heteroatoms. The lowest BCUT2D eigenvalue weighted by Crippen LogP contribution is -2.15. The van der Waals surface area contributed by atoms with Crippen LogP contribution in [0.25, 0.3) is 23.0 Å². The molecule has 1 atom stereocenters. The molecule has 132 valence electrons. The maximum atomic E-state index is 5.67. The van der Waals surface area contributed by atoms with Crippen molar-refractivity contribution in [3.63, 3.8) is 0 Å². The van der Waals surface area contributed by atoms with Crippen LogP contribution in [0.15, 0.2) is 59.5 Å². The predicted molar refractivity (Wildman–Crippen MR) is 99.6 cm³/mol. The zero-order chi connectivity index (χ0) is 18.1. The van der Waals surface area contributed by atoms with Crippen molar-refractivity contribution in [3.05, 3.63) is 66.4 Å². The molecule has 0 aliphatic rings. The smallest absolute Gasteiger partial charge is 0.226 e. The zero-order valence-corrected chi connectivity index (χ0v) is 15.1. The molecule has 0 saturated carbocycles. The normalized spacial score (nSPS) is 12.4. The maximum Gasteiger partial charge on any atom is 0.226 e. The molecule has 0 radical (unpaired) electrons. The average Bonchev–Trinajstić information content (AvgIpc) is 3.35. The Morgan fingerprint density at radius 3 is 2.69 bits per heavy atom. The number of imidazole rings is 1. The first-order chi connectivity index (χ1) is 12.6. The van der Waals surface area contributed by atoms with Crippen molar-refractivity contribution >= 4 is 0 Å². The monoisotopic (exact) mass is 347 g/mol. The van der Waals surface area contributed by atoms with Crippen LogP contribution < -0.4 is 0 Å². The molecule has 4 rings (SSSR count). The molecule has 3 aromatic heterocycles. The molecule has 1 aromatic carbocycles. The van der Waals surface area contributed by atoms with Gasteiger partial charge in [0.1, 0.15) is 12.0 Å². The van der Waals surface area contributed by atoms with Crippen LogP contribution in [-0.4, -0.2) is 24.3 Å². The quantitative estimate of drug-likeness (QED) is 0.540.